The predicted molar refractivity (Wildman–Crippen MR) is 144 cm³/mol. The third kappa shape index (κ3) is 9.67. The molecule has 2 fully saturated rings. The topological polar surface area (TPSA) is 291 Å². The van der Waals surface area contributed by atoms with Gasteiger partial charge < -0.3 is 48.5 Å². The van der Waals surface area contributed by atoms with Gasteiger partial charge in [-0.25, -0.2) is 4.79 Å². The normalized spacial score (nSPS) is 20.3. The Hall–Kier alpha value is -4.28. The molecule has 2 saturated heterocycles. The van der Waals surface area contributed by atoms with Gasteiger partial charge >= 0.3 is 5.97 Å². The minimum Gasteiger partial charge on any atom is -0.480 e. The van der Waals surface area contributed by atoms with Gasteiger partial charge in [-0.2, -0.15) is 0 Å². The number of nitrogens with two attached hydrogens (primary N) is 4. The van der Waals surface area contributed by atoms with E-state index in [2.05, 4.69) is 10.6 Å². The van der Waals surface area contributed by atoms with Gasteiger partial charge in [-0.05, 0) is 44.9 Å². The number of carbonyl (C=O) groups is 8. The van der Waals surface area contributed by atoms with Crippen molar-refractivity contribution in [3.63, 3.8) is 0 Å². The van der Waals surface area contributed by atoms with E-state index in [0.29, 0.717) is 19.3 Å². The second-order valence-electron chi connectivity index (χ2n) is 10.5. The highest BCUT2D eigenvalue weighted by Crippen LogP contribution is 2.26. The van der Waals surface area contributed by atoms with Crippen LogP contribution in [0, 0.1) is 0 Å². The average Bonchev–Trinajstić information content (AvgIpc) is 3.61. The molecule has 2 rings (SSSR count). The second kappa shape index (κ2) is 15.6. The lowest BCUT2D eigenvalue weighted by atomic mass is 10.0. The van der Waals surface area contributed by atoms with Crippen molar-refractivity contribution >= 4 is 47.3 Å². The molecule has 7 amide bonds. The van der Waals surface area contributed by atoms with Crippen LogP contribution in [0.25, 0.3) is 0 Å². The quantitative estimate of drug-likeness (QED) is 0.0909. The number of carboxylic acids is 1. The number of primary amides is 3. The van der Waals surface area contributed by atoms with Crippen molar-refractivity contribution in [2.45, 2.75) is 94.4 Å². The summed E-state index contributed by atoms with van der Waals surface area (Å²) in [6, 6.07) is -5.87. The molecule has 0 unspecified atom stereocenters. The van der Waals surface area contributed by atoms with Crippen molar-refractivity contribution in [2.24, 2.45) is 22.9 Å². The van der Waals surface area contributed by atoms with E-state index in [1.54, 1.807) is 0 Å². The summed E-state index contributed by atoms with van der Waals surface area (Å²) in [5, 5.41) is 14.4. The summed E-state index contributed by atoms with van der Waals surface area (Å²) < 4.78 is 0. The lowest BCUT2D eigenvalue weighted by molar-refractivity contribution is -0.152. The van der Waals surface area contributed by atoms with Crippen LogP contribution in [0.5, 0.6) is 0 Å². The van der Waals surface area contributed by atoms with Crippen LogP contribution in [-0.2, 0) is 38.4 Å². The first-order chi connectivity index (χ1) is 19.7. The molecular weight excluding hydrogens is 556 g/mol. The number of hydrogen-bond acceptors (Lipinski definition) is 9. The van der Waals surface area contributed by atoms with Crippen LogP contribution in [0.4, 0.5) is 0 Å². The highest BCUT2D eigenvalue weighted by molar-refractivity contribution is 5.96. The van der Waals surface area contributed by atoms with Crippen molar-refractivity contribution in [1.29, 1.82) is 0 Å². The van der Waals surface area contributed by atoms with E-state index in [9.17, 15) is 43.5 Å². The highest BCUT2D eigenvalue weighted by Gasteiger charge is 2.43. The first-order valence-electron chi connectivity index (χ1n) is 13.8. The van der Waals surface area contributed by atoms with Gasteiger partial charge in [0.05, 0.1) is 6.04 Å². The van der Waals surface area contributed by atoms with Gasteiger partial charge in [-0.3, -0.25) is 33.6 Å². The Morgan fingerprint density at radius 1 is 0.690 bits per heavy atom. The minimum absolute atomic E-state index is 0.102. The summed E-state index contributed by atoms with van der Waals surface area (Å²) in [5.41, 5.74) is 21.3. The number of likely N-dealkylation sites (tertiary alicyclic amines) is 2. The van der Waals surface area contributed by atoms with Crippen molar-refractivity contribution in [3.8, 4) is 0 Å². The number of amides is 7. The van der Waals surface area contributed by atoms with E-state index >= 15 is 0 Å². The molecule has 5 atom stereocenters. The number of aliphatic carboxylic acids is 1. The van der Waals surface area contributed by atoms with Crippen LogP contribution in [0.15, 0.2) is 0 Å². The fourth-order valence-electron chi connectivity index (χ4n) is 5.05. The Balaban J connectivity index is 2.22. The maximum absolute atomic E-state index is 13.7. The zero-order valence-corrected chi connectivity index (χ0v) is 23.3. The van der Waals surface area contributed by atoms with E-state index in [0.717, 1.165) is 0 Å². The summed E-state index contributed by atoms with van der Waals surface area (Å²) in [7, 11) is 0. The van der Waals surface area contributed by atoms with Gasteiger partial charge in [0.25, 0.3) is 0 Å². The van der Waals surface area contributed by atoms with Crippen LogP contribution < -0.4 is 33.6 Å². The van der Waals surface area contributed by atoms with Gasteiger partial charge in [-0.15, -0.1) is 0 Å². The maximum Gasteiger partial charge on any atom is 0.326 e. The summed E-state index contributed by atoms with van der Waals surface area (Å²) in [5.74, 6) is -6.24. The fraction of sp³-hybridized carbons (Fsp3) is 0.680. The smallest absolute Gasteiger partial charge is 0.326 e. The minimum atomic E-state index is -1.37. The first kappa shape index (κ1) is 33.9. The van der Waals surface area contributed by atoms with Crippen molar-refractivity contribution < 1.29 is 43.5 Å². The van der Waals surface area contributed by atoms with Crippen LogP contribution in [-0.4, -0.2) is 106 Å². The number of rotatable bonds is 16. The number of nitrogens with zero attached hydrogens (tertiary/aromatic N) is 2. The van der Waals surface area contributed by atoms with Crippen LogP contribution in [0.3, 0.4) is 0 Å². The maximum atomic E-state index is 13.7. The number of carbonyl (C=O) groups excluding carboxylic acids is 7. The molecule has 17 heteroatoms. The predicted octanol–water partition coefficient (Wildman–Crippen LogP) is -3.85. The summed E-state index contributed by atoms with van der Waals surface area (Å²) >= 11 is 0. The van der Waals surface area contributed by atoms with Gasteiger partial charge in [-0.1, -0.05) is 0 Å². The standard InChI is InChI=1S/C25H40N8O9/c26-13(5-8-18(27)34)21(37)30-14(6-9-19(28)35)22(38)31-15(7-10-20(29)36)23(39)32-11-1-3-16(32)24(40)33-12-2-4-17(33)25(41)42/h13-17H,1-12,26H2,(H2,27,34)(H2,28,35)(H2,29,36)(H,30,37)(H,31,38)(H,41,42)/t13-,14-,15-,16-,17-/m0/s1. The summed E-state index contributed by atoms with van der Waals surface area (Å²) in [4.78, 5) is 101. The molecule has 0 aromatic rings. The highest BCUT2D eigenvalue weighted by atomic mass is 16.4. The molecule has 0 spiro atoms. The molecule has 0 bridgehead atoms. The summed E-state index contributed by atoms with van der Waals surface area (Å²) in [6.07, 6.45) is 0.163. The number of carboxylic acid groups (broad SMARTS) is 1. The largest absolute Gasteiger partial charge is 0.480 e. The number of hydrogen-bond donors (Lipinski definition) is 7. The Morgan fingerprint density at radius 3 is 1.71 bits per heavy atom. The molecule has 2 aliphatic heterocycles. The van der Waals surface area contributed by atoms with Crippen LogP contribution in [0.1, 0.15) is 64.2 Å². The molecule has 42 heavy (non-hydrogen) atoms. The van der Waals surface area contributed by atoms with E-state index < -0.39 is 77.5 Å². The fourth-order valence-corrected chi connectivity index (χ4v) is 5.05. The monoisotopic (exact) mass is 596 g/mol. The summed E-state index contributed by atoms with van der Waals surface area (Å²) in [6.45, 7) is 0.388. The molecule has 234 valence electrons. The molecule has 0 saturated carbocycles. The lowest BCUT2D eigenvalue weighted by Gasteiger charge is -2.32. The molecular formula is C25H40N8O9. The molecule has 2 heterocycles. The molecule has 17 nitrogen and oxygen atoms in total. The third-order valence-electron chi connectivity index (χ3n) is 7.29. The van der Waals surface area contributed by atoms with Crippen molar-refractivity contribution in [2.75, 3.05) is 13.1 Å². The second-order valence-corrected chi connectivity index (χ2v) is 10.5. The van der Waals surface area contributed by atoms with Crippen molar-refractivity contribution in [3.05, 3.63) is 0 Å². The van der Waals surface area contributed by atoms with E-state index in [4.69, 9.17) is 22.9 Å². The van der Waals surface area contributed by atoms with E-state index in [1.807, 2.05) is 0 Å². The van der Waals surface area contributed by atoms with Gasteiger partial charge in [0, 0.05) is 32.4 Å². The molecule has 0 radical (unpaired) electrons. The Bertz CT molecular complexity index is 1080. The molecule has 0 aromatic carbocycles. The van der Waals surface area contributed by atoms with E-state index in [1.165, 1.54) is 9.80 Å². The van der Waals surface area contributed by atoms with Crippen molar-refractivity contribution in [1.82, 2.24) is 20.4 Å². The zero-order valence-electron chi connectivity index (χ0n) is 23.3. The Labute approximate surface area is 242 Å². The van der Waals surface area contributed by atoms with Gasteiger partial charge in [0.1, 0.15) is 24.2 Å². The third-order valence-corrected chi connectivity index (χ3v) is 7.29. The van der Waals surface area contributed by atoms with Crippen LogP contribution in [0.2, 0.25) is 0 Å². The van der Waals surface area contributed by atoms with E-state index in [-0.39, 0.29) is 58.0 Å². The molecule has 11 N–H and O–H groups in total. The Morgan fingerprint density at radius 2 is 1.17 bits per heavy atom. The van der Waals surface area contributed by atoms with Crippen LogP contribution >= 0.6 is 0 Å². The molecule has 0 aromatic heterocycles. The Kier molecular flexibility index (Phi) is 12.6. The average molecular weight is 597 g/mol. The van der Waals surface area contributed by atoms with Gasteiger partial charge in [0.15, 0.2) is 0 Å². The molecule has 0 aliphatic carbocycles. The first-order valence-corrected chi connectivity index (χ1v) is 13.8. The molecule has 2 aliphatic rings. The SMILES string of the molecule is NC(=O)CC[C@H](NC(=O)[C@@H](N)CCC(N)=O)C(=O)N[C@@H](CCC(N)=O)C(=O)N1CCC[C@H]1C(=O)N1CCC[C@H]1C(=O)O. The zero-order chi connectivity index (χ0) is 31.6. The number of nitrogens with one attached hydrogen (secondary N) is 2. The van der Waals surface area contributed by atoms with Gasteiger partial charge in [0.2, 0.25) is 41.4 Å². The lowest BCUT2D eigenvalue weighted by Crippen LogP contribution is -2.58.